The summed E-state index contributed by atoms with van der Waals surface area (Å²) in [6.45, 7) is 0. The molecule has 1 heterocycles. The predicted octanol–water partition coefficient (Wildman–Crippen LogP) is 6.75. The molecule has 0 atom stereocenters. The first-order chi connectivity index (χ1) is 17.7. The highest BCUT2D eigenvalue weighted by atomic mass is 16.1. The minimum Gasteiger partial charge on any atom is -0.289 e. The standard InChI is InChI=1S/C32H20N2O2/c33-21-26-27(22-13-5-1-6-14-22)28(31(35)24-17-9-3-10-18-24)29(32(36)25-19-11-4-12-20-25)30(34-26)23-15-7-2-8-16-23/h1-20H. The third-order valence-electron chi connectivity index (χ3n) is 5.94. The fourth-order valence-corrected chi connectivity index (χ4v) is 4.27. The topological polar surface area (TPSA) is 70.8 Å². The highest BCUT2D eigenvalue weighted by molar-refractivity contribution is 6.24. The molecule has 0 aliphatic heterocycles. The van der Waals surface area contributed by atoms with Crippen LogP contribution in [-0.4, -0.2) is 16.6 Å². The van der Waals surface area contributed by atoms with Gasteiger partial charge in [-0.3, -0.25) is 9.59 Å². The largest absolute Gasteiger partial charge is 0.289 e. The number of benzene rings is 4. The fourth-order valence-electron chi connectivity index (χ4n) is 4.27. The first-order valence-corrected chi connectivity index (χ1v) is 11.5. The van der Waals surface area contributed by atoms with Gasteiger partial charge in [0.1, 0.15) is 11.8 Å². The number of hydrogen-bond acceptors (Lipinski definition) is 4. The molecule has 0 spiro atoms. The minimum absolute atomic E-state index is 0.0870. The SMILES string of the molecule is N#Cc1nc(-c2ccccc2)c(C(=O)c2ccccc2)c(C(=O)c2ccccc2)c1-c1ccccc1. The van der Waals surface area contributed by atoms with E-state index in [1.165, 1.54) is 0 Å². The zero-order valence-electron chi connectivity index (χ0n) is 19.3. The molecule has 1 aromatic heterocycles. The van der Waals surface area contributed by atoms with Crippen molar-refractivity contribution in [2.24, 2.45) is 0 Å². The molecule has 4 heteroatoms. The molecule has 0 unspecified atom stereocenters. The van der Waals surface area contributed by atoms with E-state index in [-0.39, 0.29) is 28.4 Å². The van der Waals surface area contributed by atoms with E-state index in [1.807, 2.05) is 72.8 Å². The summed E-state index contributed by atoms with van der Waals surface area (Å²) in [5.41, 5.74) is 3.24. The fraction of sp³-hybridized carbons (Fsp3) is 0. The van der Waals surface area contributed by atoms with Crippen LogP contribution < -0.4 is 0 Å². The lowest BCUT2D eigenvalue weighted by Gasteiger charge is -2.19. The summed E-state index contributed by atoms with van der Waals surface area (Å²) in [5, 5.41) is 10.2. The molecule has 0 N–H and O–H groups in total. The van der Waals surface area contributed by atoms with Crippen LogP contribution in [-0.2, 0) is 0 Å². The minimum atomic E-state index is -0.343. The Morgan fingerprint density at radius 1 is 0.556 bits per heavy atom. The molecule has 0 radical (unpaired) electrons. The van der Waals surface area contributed by atoms with Crippen LogP contribution in [0.2, 0.25) is 0 Å². The van der Waals surface area contributed by atoms with Gasteiger partial charge >= 0.3 is 0 Å². The van der Waals surface area contributed by atoms with E-state index < -0.39 is 0 Å². The molecule has 0 saturated carbocycles. The van der Waals surface area contributed by atoms with Crippen molar-refractivity contribution in [3.05, 3.63) is 149 Å². The third-order valence-corrected chi connectivity index (χ3v) is 5.94. The summed E-state index contributed by atoms with van der Waals surface area (Å²) in [6, 6.07) is 38.1. The van der Waals surface area contributed by atoms with Crippen molar-refractivity contribution in [2.45, 2.75) is 0 Å². The van der Waals surface area contributed by atoms with E-state index >= 15 is 0 Å². The summed E-state index contributed by atoms with van der Waals surface area (Å²) in [4.78, 5) is 33.0. The smallest absolute Gasteiger partial charge is 0.195 e. The first-order valence-electron chi connectivity index (χ1n) is 11.5. The van der Waals surface area contributed by atoms with E-state index in [9.17, 15) is 14.9 Å². The molecule has 4 nitrogen and oxygen atoms in total. The maximum Gasteiger partial charge on any atom is 0.195 e. The van der Waals surface area contributed by atoms with Crippen molar-refractivity contribution in [3.8, 4) is 28.5 Å². The average molecular weight is 465 g/mol. The van der Waals surface area contributed by atoms with Gasteiger partial charge in [0, 0.05) is 27.8 Å². The van der Waals surface area contributed by atoms with Gasteiger partial charge in [0.25, 0.3) is 0 Å². The molecule has 4 aromatic carbocycles. The lowest BCUT2D eigenvalue weighted by molar-refractivity contribution is 0.100. The lowest BCUT2D eigenvalue weighted by atomic mass is 9.84. The highest BCUT2D eigenvalue weighted by Crippen LogP contribution is 2.37. The molecule has 36 heavy (non-hydrogen) atoms. The van der Waals surface area contributed by atoms with E-state index in [0.717, 1.165) is 0 Å². The van der Waals surface area contributed by atoms with Crippen molar-refractivity contribution < 1.29 is 9.59 Å². The van der Waals surface area contributed by atoms with Gasteiger partial charge in [-0.05, 0) is 5.56 Å². The summed E-state index contributed by atoms with van der Waals surface area (Å²) in [7, 11) is 0. The maximum atomic E-state index is 14.2. The van der Waals surface area contributed by atoms with Gasteiger partial charge in [-0.1, -0.05) is 121 Å². The summed E-state index contributed by atoms with van der Waals surface area (Å²) in [5.74, 6) is -0.673. The number of aromatic nitrogens is 1. The Bertz CT molecular complexity index is 1590. The molecule has 0 amide bonds. The van der Waals surface area contributed by atoms with Crippen LogP contribution in [0, 0.1) is 11.3 Å². The zero-order valence-corrected chi connectivity index (χ0v) is 19.3. The number of nitriles is 1. The molecule has 0 bridgehead atoms. The molecule has 0 aliphatic rings. The second kappa shape index (κ2) is 10.0. The third kappa shape index (κ3) is 4.22. The molecule has 5 rings (SSSR count). The second-order valence-electron chi connectivity index (χ2n) is 8.17. The van der Waals surface area contributed by atoms with Crippen LogP contribution >= 0.6 is 0 Å². The van der Waals surface area contributed by atoms with Gasteiger partial charge in [-0.25, -0.2) is 4.98 Å². The summed E-state index contributed by atoms with van der Waals surface area (Å²) < 4.78 is 0. The highest BCUT2D eigenvalue weighted by Gasteiger charge is 2.31. The Labute approximate surface area is 209 Å². The van der Waals surface area contributed by atoms with Crippen LogP contribution in [0.5, 0.6) is 0 Å². The molecule has 170 valence electrons. The van der Waals surface area contributed by atoms with E-state index in [4.69, 9.17) is 0 Å². The number of pyridine rings is 1. The molecule has 0 saturated heterocycles. The van der Waals surface area contributed by atoms with Crippen molar-refractivity contribution in [1.29, 1.82) is 5.26 Å². The number of ketones is 2. The van der Waals surface area contributed by atoms with E-state index in [0.29, 0.717) is 33.5 Å². The molecular weight excluding hydrogens is 444 g/mol. The number of hydrogen-bond donors (Lipinski definition) is 0. The number of carbonyl (C=O) groups is 2. The van der Waals surface area contributed by atoms with Gasteiger partial charge in [0.2, 0.25) is 0 Å². The van der Waals surface area contributed by atoms with Crippen molar-refractivity contribution in [2.75, 3.05) is 0 Å². The Kier molecular flexibility index (Phi) is 6.29. The number of rotatable bonds is 6. The second-order valence-corrected chi connectivity index (χ2v) is 8.17. The Hall–Kier alpha value is -5.14. The van der Waals surface area contributed by atoms with Crippen molar-refractivity contribution in [3.63, 3.8) is 0 Å². The number of carbonyl (C=O) groups excluding carboxylic acids is 2. The van der Waals surface area contributed by atoms with Crippen LogP contribution in [0.15, 0.2) is 121 Å². The van der Waals surface area contributed by atoms with Gasteiger partial charge in [0.15, 0.2) is 11.6 Å². The van der Waals surface area contributed by atoms with Crippen LogP contribution in [0.4, 0.5) is 0 Å². The van der Waals surface area contributed by atoms with Crippen molar-refractivity contribution in [1.82, 2.24) is 4.98 Å². The van der Waals surface area contributed by atoms with Gasteiger partial charge < -0.3 is 0 Å². The quantitative estimate of drug-likeness (QED) is 0.261. The number of nitrogens with zero attached hydrogens (tertiary/aromatic N) is 2. The van der Waals surface area contributed by atoms with E-state index in [1.54, 1.807) is 48.5 Å². The normalized spacial score (nSPS) is 10.4. The Morgan fingerprint density at radius 2 is 0.972 bits per heavy atom. The van der Waals surface area contributed by atoms with Crippen LogP contribution in [0.1, 0.15) is 37.5 Å². The predicted molar refractivity (Wildman–Crippen MR) is 140 cm³/mol. The Balaban J connectivity index is 1.94. The zero-order chi connectivity index (χ0) is 24.9. The monoisotopic (exact) mass is 464 g/mol. The summed E-state index contributed by atoms with van der Waals surface area (Å²) >= 11 is 0. The molecule has 0 aliphatic carbocycles. The van der Waals surface area contributed by atoms with Gasteiger partial charge in [-0.15, -0.1) is 0 Å². The molecule has 5 aromatic rings. The maximum absolute atomic E-state index is 14.2. The van der Waals surface area contributed by atoms with E-state index in [2.05, 4.69) is 11.1 Å². The average Bonchev–Trinajstić information content (AvgIpc) is 2.97. The molecule has 0 fully saturated rings. The lowest BCUT2D eigenvalue weighted by Crippen LogP contribution is -2.17. The van der Waals surface area contributed by atoms with Gasteiger partial charge in [0.05, 0.1) is 11.3 Å². The molecular formula is C32H20N2O2. The first kappa shape index (κ1) is 22.6. The van der Waals surface area contributed by atoms with Crippen LogP contribution in [0.25, 0.3) is 22.4 Å². The van der Waals surface area contributed by atoms with Gasteiger partial charge in [-0.2, -0.15) is 5.26 Å². The van der Waals surface area contributed by atoms with Crippen LogP contribution in [0.3, 0.4) is 0 Å². The summed E-state index contributed by atoms with van der Waals surface area (Å²) in [6.07, 6.45) is 0. The van der Waals surface area contributed by atoms with Crippen molar-refractivity contribution >= 4 is 11.6 Å². The Morgan fingerprint density at radius 3 is 1.44 bits per heavy atom.